The first-order chi connectivity index (χ1) is 14.8. The molecule has 10 heteroatoms. The molecule has 1 aliphatic carbocycles. The Balaban J connectivity index is 1.49. The summed E-state index contributed by atoms with van der Waals surface area (Å²) in [5, 5.41) is 11.0. The van der Waals surface area contributed by atoms with E-state index in [1.807, 2.05) is 0 Å². The van der Waals surface area contributed by atoms with Gasteiger partial charge < -0.3 is 15.6 Å². The Morgan fingerprint density at radius 3 is 2.55 bits per heavy atom. The number of nitrogens with one attached hydrogen (secondary N) is 1. The number of hydrogen-bond donors (Lipinski definition) is 3. The molecule has 6 unspecified atom stereocenters. The van der Waals surface area contributed by atoms with Crippen LogP contribution in [0.4, 0.5) is 0 Å². The number of carboxylic acid groups (broad SMARTS) is 1. The standard InChI is InChI=1S/C21H38N4O5S/c1-30-17-5-7-24(8-6-17)31(28,29)20-12-16(22)2-3-18(20)14-4-9-25-19(10-14)15(13-23-25)11-21(26)27/h14-20,23H,2-13,22H2,1H3,(H,26,27). The van der Waals surface area contributed by atoms with E-state index in [1.54, 1.807) is 11.4 Å². The van der Waals surface area contributed by atoms with Crippen LogP contribution in [0.2, 0.25) is 0 Å². The van der Waals surface area contributed by atoms with Gasteiger partial charge in [0.25, 0.3) is 0 Å². The predicted octanol–water partition coefficient (Wildman–Crippen LogP) is 0.613. The number of carbonyl (C=O) groups is 1. The molecule has 0 aromatic heterocycles. The highest BCUT2D eigenvalue weighted by atomic mass is 32.2. The summed E-state index contributed by atoms with van der Waals surface area (Å²) in [5.74, 6) is -0.298. The number of fused-ring (bicyclic) bond motifs is 1. The Morgan fingerprint density at radius 1 is 1.13 bits per heavy atom. The number of rotatable bonds is 6. The van der Waals surface area contributed by atoms with Gasteiger partial charge in [0.05, 0.1) is 17.8 Å². The fraction of sp³-hybridized carbons (Fsp3) is 0.952. The zero-order valence-electron chi connectivity index (χ0n) is 18.5. The summed E-state index contributed by atoms with van der Waals surface area (Å²) in [7, 11) is -1.74. The summed E-state index contributed by atoms with van der Waals surface area (Å²) in [6, 6.07) is 0.104. The first-order valence-electron chi connectivity index (χ1n) is 11.8. The Hall–Kier alpha value is -0.780. The van der Waals surface area contributed by atoms with Crippen LogP contribution in [-0.4, -0.2) is 85.5 Å². The largest absolute Gasteiger partial charge is 0.481 e. The van der Waals surface area contributed by atoms with Crippen LogP contribution in [0.25, 0.3) is 0 Å². The summed E-state index contributed by atoms with van der Waals surface area (Å²) in [5.41, 5.74) is 9.62. The van der Waals surface area contributed by atoms with Crippen LogP contribution in [0.15, 0.2) is 0 Å². The molecular formula is C21H38N4O5S. The minimum absolute atomic E-state index is 0.0689. The van der Waals surface area contributed by atoms with Crippen LogP contribution < -0.4 is 11.2 Å². The van der Waals surface area contributed by atoms with E-state index in [4.69, 9.17) is 10.5 Å². The molecule has 6 atom stereocenters. The Morgan fingerprint density at radius 2 is 1.87 bits per heavy atom. The van der Waals surface area contributed by atoms with Gasteiger partial charge in [-0.2, -0.15) is 0 Å². The molecule has 0 radical (unpaired) electrons. The third kappa shape index (κ3) is 4.94. The fourth-order valence-corrected chi connectivity index (χ4v) is 8.83. The van der Waals surface area contributed by atoms with Gasteiger partial charge in [0, 0.05) is 51.3 Å². The van der Waals surface area contributed by atoms with Crippen molar-refractivity contribution in [3.8, 4) is 0 Å². The van der Waals surface area contributed by atoms with Crippen molar-refractivity contribution >= 4 is 16.0 Å². The number of ether oxygens (including phenoxy) is 1. The van der Waals surface area contributed by atoms with E-state index in [2.05, 4.69) is 10.4 Å². The minimum atomic E-state index is -3.43. The quantitative estimate of drug-likeness (QED) is 0.529. The van der Waals surface area contributed by atoms with Crippen molar-refractivity contribution in [1.29, 1.82) is 0 Å². The summed E-state index contributed by atoms with van der Waals surface area (Å²) >= 11 is 0. The van der Waals surface area contributed by atoms with Gasteiger partial charge in [0.2, 0.25) is 10.0 Å². The van der Waals surface area contributed by atoms with Gasteiger partial charge >= 0.3 is 5.97 Å². The summed E-state index contributed by atoms with van der Waals surface area (Å²) in [6.45, 7) is 2.57. The average molecular weight is 459 g/mol. The van der Waals surface area contributed by atoms with Crippen LogP contribution in [0.1, 0.15) is 51.4 Å². The number of nitrogens with zero attached hydrogens (tertiary/aromatic N) is 2. The van der Waals surface area contributed by atoms with Gasteiger partial charge in [-0.1, -0.05) is 0 Å². The lowest BCUT2D eigenvalue weighted by Crippen LogP contribution is -2.54. The lowest BCUT2D eigenvalue weighted by Gasteiger charge is -2.45. The Kier molecular flexibility index (Phi) is 7.24. The van der Waals surface area contributed by atoms with E-state index >= 15 is 0 Å². The molecule has 0 spiro atoms. The SMILES string of the molecule is COC1CCN(S(=O)(=O)C2CC(N)CCC2C2CCN3NCC(CC(=O)O)C3C2)CC1. The number of piperidine rings is 2. The number of sulfonamides is 1. The predicted molar refractivity (Wildman–Crippen MR) is 117 cm³/mol. The van der Waals surface area contributed by atoms with E-state index < -0.39 is 21.2 Å². The second-order valence-electron chi connectivity index (χ2n) is 9.92. The molecule has 0 bridgehead atoms. The van der Waals surface area contributed by atoms with E-state index in [0.29, 0.717) is 32.0 Å². The second kappa shape index (κ2) is 9.61. The molecule has 178 valence electrons. The molecule has 0 aromatic rings. The molecule has 3 saturated heterocycles. The average Bonchev–Trinajstić information content (AvgIpc) is 3.15. The van der Waals surface area contributed by atoms with Crippen molar-refractivity contribution < 1.29 is 23.1 Å². The van der Waals surface area contributed by atoms with Gasteiger partial charge in [-0.25, -0.2) is 17.7 Å². The lowest BCUT2D eigenvalue weighted by molar-refractivity contribution is -0.138. The Bertz CT molecular complexity index is 742. The van der Waals surface area contributed by atoms with Crippen molar-refractivity contribution in [2.45, 2.75) is 74.8 Å². The van der Waals surface area contributed by atoms with Gasteiger partial charge in [0.1, 0.15) is 0 Å². The monoisotopic (exact) mass is 458 g/mol. The van der Waals surface area contributed by atoms with Gasteiger partial charge in [-0.05, 0) is 56.8 Å². The third-order valence-corrected chi connectivity index (χ3v) is 10.6. The molecule has 3 heterocycles. The van der Waals surface area contributed by atoms with Crippen molar-refractivity contribution in [2.75, 3.05) is 33.3 Å². The van der Waals surface area contributed by atoms with Gasteiger partial charge in [-0.3, -0.25) is 10.2 Å². The lowest BCUT2D eigenvalue weighted by atomic mass is 9.71. The van der Waals surface area contributed by atoms with Crippen LogP contribution in [0.3, 0.4) is 0 Å². The summed E-state index contributed by atoms with van der Waals surface area (Å²) in [4.78, 5) is 11.3. The normalized spacial score (nSPS) is 38.8. The molecule has 4 N–H and O–H groups in total. The van der Waals surface area contributed by atoms with Crippen molar-refractivity contribution in [3.63, 3.8) is 0 Å². The fourth-order valence-electron chi connectivity index (χ4n) is 6.44. The third-order valence-electron chi connectivity index (χ3n) is 8.19. The zero-order valence-corrected chi connectivity index (χ0v) is 19.3. The minimum Gasteiger partial charge on any atom is -0.481 e. The maximum Gasteiger partial charge on any atom is 0.303 e. The number of carboxylic acids is 1. The molecule has 31 heavy (non-hydrogen) atoms. The van der Waals surface area contributed by atoms with Crippen molar-refractivity contribution in [1.82, 2.24) is 14.7 Å². The molecule has 0 amide bonds. The van der Waals surface area contributed by atoms with Crippen LogP contribution >= 0.6 is 0 Å². The first-order valence-corrected chi connectivity index (χ1v) is 13.3. The second-order valence-corrected chi connectivity index (χ2v) is 12.1. The molecule has 4 fully saturated rings. The van der Waals surface area contributed by atoms with E-state index in [0.717, 1.165) is 45.1 Å². The highest BCUT2D eigenvalue weighted by Gasteiger charge is 2.48. The van der Waals surface area contributed by atoms with E-state index in [1.165, 1.54) is 0 Å². The van der Waals surface area contributed by atoms with Gasteiger partial charge in [-0.15, -0.1) is 0 Å². The molecule has 1 saturated carbocycles. The molecule has 9 nitrogen and oxygen atoms in total. The van der Waals surface area contributed by atoms with E-state index in [-0.39, 0.29) is 36.4 Å². The summed E-state index contributed by atoms with van der Waals surface area (Å²) in [6.07, 6.45) is 5.82. The molecule has 3 aliphatic heterocycles. The maximum atomic E-state index is 13.7. The maximum absolute atomic E-state index is 13.7. The van der Waals surface area contributed by atoms with Crippen LogP contribution in [-0.2, 0) is 19.6 Å². The smallest absolute Gasteiger partial charge is 0.303 e. The molecule has 4 aliphatic rings. The van der Waals surface area contributed by atoms with Crippen molar-refractivity contribution in [2.24, 2.45) is 23.5 Å². The van der Waals surface area contributed by atoms with Crippen molar-refractivity contribution in [3.05, 3.63) is 0 Å². The molecular weight excluding hydrogens is 420 g/mol. The zero-order chi connectivity index (χ0) is 22.2. The topological polar surface area (TPSA) is 125 Å². The number of aliphatic carboxylic acids is 1. The highest BCUT2D eigenvalue weighted by molar-refractivity contribution is 7.89. The first kappa shape index (κ1) is 23.4. The number of nitrogens with two attached hydrogens (primary N) is 1. The van der Waals surface area contributed by atoms with Crippen LogP contribution in [0, 0.1) is 17.8 Å². The summed E-state index contributed by atoms with van der Waals surface area (Å²) < 4.78 is 34.5. The molecule has 0 aromatic carbocycles. The number of hydrazine groups is 1. The molecule has 4 rings (SSSR count). The van der Waals surface area contributed by atoms with Crippen LogP contribution in [0.5, 0.6) is 0 Å². The van der Waals surface area contributed by atoms with Gasteiger partial charge in [0.15, 0.2) is 0 Å². The number of methoxy groups -OCH3 is 1. The Labute approximate surface area is 185 Å². The van der Waals surface area contributed by atoms with E-state index in [9.17, 15) is 18.3 Å². The number of hydrogen-bond acceptors (Lipinski definition) is 7. The highest BCUT2D eigenvalue weighted by Crippen LogP contribution is 2.43.